The number of rotatable bonds is 8. The van der Waals surface area contributed by atoms with E-state index in [0.717, 1.165) is 16.9 Å². The number of hydrogen-bond acceptors (Lipinski definition) is 3. The summed E-state index contributed by atoms with van der Waals surface area (Å²) in [6.07, 6.45) is 0. The lowest BCUT2D eigenvalue weighted by Gasteiger charge is -2.26. The highest BCUT2D eigenvalue weighted by Gasteiger charge is 2.36. The van der Waals surface area contributed by atoms with Gasteiger partial charge in [-0.25, -0.2) is 4.79 Å². The normalized spacial score (nSPS) is 12.9. The van der Waals surface area contributed by atoms with Crippen LogP contribution in [0.4, 0.5) is 0 Å². The number of hydrogen-bond donors (Lipinski definition) is 1. The fourth-order valence-corrected chi connectivity index (χ4v) is 2.72. The largest absolute Gasteiger partial charge is 0.489 e. The van der Waals surface area contributed by atoms with Gasteiger partial charge < -0.3 is 14.6 Å². The summed E-state index contributed by atoms with van der Waals surface area (Å²) in [5.74, 6) is -0.304. The predicted molar refractivity (Wildman–Crippen MR) is 103 cm³/mol. The Bertz CT molecular complexity index is 877. The minimum atomic E-state index is -1.41. The maximum absolute atomic E-state index is 11.8. The SMILES string of the molecule is CC(OCc1cccc(OCc2ccccc2)c1)(C(=O)O)c1ccccc1. The van der Waals surface area contributed by atoms with Gasteiger partial charge in [0.15, 0.2) is 5.60 Å². The van der Waals surface area contributed by atoms with Gasteiger partial charge >= 0.3 is 5.97 Å². The smallest absolute Gasteiger partial charge is 0.340 e. The van der Waals surface area contributed by atoms with E-state index in [9.17, 15) is 9.90 Å². The van der Waals surface area contributed by atoms with Crippen LogP contribution in [0.5, 0.6) is 5.75 Å². The number of carbonyl (C=O) groups is 1. The Balaban J connectivity index is 1.67. The minimum absolute atomic E-state index is 0.167. The van der Waals surface area contributed by atoms with E-state index in [4.69, 9.17) is 9.47 Å². The lowest BCUT2D eigenvalue weighted by atomic mass is 9.96. The van der Waals surface area contributed by atoms with Crippen molar-refractivity contribution in [1.82, 2.24) is 0 Å². The van der Waals surface area contributed by atoms with Crippen molar-refractivity contribution in [1.29, 1.82) is 0 Å². The molecule has 0 saturated carbocycles. The number of aliphatic carboxylic acids is 1. The first-order valence-electron chi connectivity index (χ1n) is 8.76. The fourth-order valence-electron chi connectivity index (χ4n) is 2.72. The second-order valence-corrected chi connectivity index (χ2v) is 6.41. The third-order valence-corrected chi connectivity index (χ3v) is 4.41. The van der Waals surface area contributed by atoms with E-state index >= 15 is 0 Å². The molecule has 0 aliphatic rings. The maximum Gasteiger partial charge on any atom is 0.340 e. The van der Waals surface area contributed by atoms with E-state index < -0.39 is 11.6 Å². The van der Waals surface area contributed by atoms with Gasteiger partial charge in [0.2, 0.25) is 0 Å². The third kappa shape index (κ3) is 4.74. The lowest BCUT2D eigenvalue weighted by Crippen LogP contribution is -2.35. The average Bonchev–Trinajstić information content (AvgIpc) is 2.72. The number of ether oxygens (including phenoxy) is 2. The minimum Gasteiger partial charge on any atom is -0.489 e. The van der Waals surface area contributed by atoms with Gasteiger partial charge in [0, 0.05) is 0 Å². The zero-order chi connectivity index (χ0) is 19.1. The topological polar surface area (TPSA) is 55.8 Å². The van der Waals surface area contributed by atoms with E-state index in [-0.39, 0.29) is 6.61 Å². The molecule has 0 aromatic heterocycles. The van der Waals surface area contributed by atoms with E-state index in [1.54, 1.807) is 31.2 Å². The van der Waals surface area contributed by atoms with Gasteiger partial charge in [-0.2, -0.15) is 0 Å². The highest BCUT2D eigenvalue weighted by molar-refractivity contribution is 5.78. The summed E-state index contributed by atoms with van der Waals surface area (Å²) < 4.78 is 11.7. The van der Waals surface area contributed by atoms with Crippen LogP contribution in [0, 0.1) is 0 Å². The molecule has 0 heterocycles. The van der Waals surface area contributed by atoms with Crippen LogP contribution in [-0.2, 0) is 28.3 Å². The molecule has 0 aliphatic carbocycles. The van der Waals surface area contributed by atoms with E-state index in [2.05, 4.69) is 0 Å². The molecule has 0 saturated heterocycles. The van der Waals surface area contributed by atoms with Gasteiger partial charge in [0.1, 0.15) is 12.4 Å². The Morgan fingerprint density at radius 3 is 2.15 bits per heavy atom. The van der Waals surface area contributed by atoms with E-state index in [0.29, 0.717) is 12.2 Å². The Morgan fingerprint density at radius 2 is 1.48 bits per heavy atom. The molecule has 0 amide bonds. The number of carboxylic acid groups (broad SMARTS) is 1. The van der Waals surface area contributed by atoms with Crippen LogP contribution in [-0.4, -0.2) is 11.1 Å². The zero-order valence-corrected chi connectivity index (χ0v) is 15.2. The summed E-state index contributed by atoms with van der Waals surface area (Å²) >= 11 is 0. The average molecular weight is 362 g/mol. The molecule has 3 aromatic carbocycles. The molecule has 0 radical (unpaired) electrons. The molecule has 1 atom stereocenters. The van der Waals surface area contributed by atoms with Crippen molar-refractivity contribution in [3.63, 3.8) is 0 Å². The van der Waals surface area contributed by atoms with Gasteiger partial charge in [-0.05, 0) is 35.7 Å². The molecule has 0 bridgehead atoms. The monoisotopic (exact) mass is 362 g/mol. The van der Waals surface area contributed by atoms with Crippen LogP contribution in [0.2, 0.25) is 0 Å². The van der Waals surface area contributed by atoms with Crippen LogP contribution in [0.25, 0.3) is 0 Å². The molecule has 0 aliphatic heterocycles. The third-order valence-electron chi connectivity index (χ3n) is 4.41. The highest BCUT2D eigenvalue weighted by Crippen LogP contribution is 2.27. The van der Waals surface area contributed by atoms with Crippen molar-refractivity contribution in [2.24, 2.45) is 0 Å². The van der Waals surface area contributed by atoms with Gasteiger partial charge in [-0.15, -0.1) is 0 Å². The summed E-state index contributed by atoms with van der Waals surface area (Å²) in [6, 6.07) is 26.4. The van der Waals surface area contributed by atoms with Gasteiger partial charge in [-0.1, -0.05) is 72.8 Å². The number of benzene rings is 3. The molecule has 0 spiro atoms. The van der Waals surface area contributed by atoms with Crippen LogP contribution in [0.1, 0.15) is 23.6 Å². The molecule has 138 valence electrons. The van der Waals surface area contributed by atoms with Crippen molar-refractivity contribution in [3.05, 3.63) is 102 Å². The predicted octanol–water partition coefficient (Wildman–Crippen LogP) is 4.78. The van der Waals surface area contributed by atoms with Crippen molar-refractivity contribution < 1.29 is 19.4 Å². The highest BCUT2D eigenvalue weighted by atomic mass is 16.5. The van der Waals surface area contributed by atoms with Crippen molar-refractivity contribution in [3.8, 4) is 5.75 Å². The van der Waals surface area contributed by atoms with Gasteiger partial charge in [0.25, 0.3) is 0 Å². The van der Waals surface area contributed by atoms with E-state index in [1.807, 2.05) is 60.7 Å². The van der Waals surface area contributed by atoms with Crippen molar-refractivity contribution >= 4 is 5.97 Å². The summed E-state index contributed by atoms with van der Waals surface area (Å²) in [5.41, 5.74) is 1.13. The Morgan fingerprint density at radius 1 is 0.852 bits per heavy atom. The zero-order valence-electron chi connectivity index (χ0n) is 15.2. The molecule has 3 aromatic rings. The summed E-state index contributed by atoms with van der Waals surface area (Å²) in [4.78, 5) is 11.8. The standard InChI is InChI=1S/C23H22O4/c1-23(22(24)25,20-12-6-3-7-13-20)27-17-19-11-8-14-21(15-19)26-16-18-9-4-2-5-10-18/h2-15H,16-17H2,1H3,(H,24,25). The molecule has 3 rings (SSSR count). The fraction of sp³-hybridized carbons (Fsp3) is 0.174. The molecule has 4 heteroatoms. The molecule has 0 fully saturated rings. The number of carboxylic acids is 1. The van der Waals surface area contributed by atoms with Crippen molar-refractivity contribution in [2.45, 2.75) is 25.7 Å². The quantitative estimate of drug-likeness (QED) is 0.626. The Kier molecular flexibility index (Phi) is 5.89. The second kappa shape index (κ2) is 8.52. The second-order valence-electron chi connectivity index (χ2n) is 6.41. The van der Waals surface area contributed by atoms with Gasteiger partial charge in [-0.3, -0.25) is 0 Å². The maximum atomic E-state index is 11.8. The summed E-state index contributed by atoms with van der Waals surface area (Å²) in [6.45, 7) is 2.21. The lowest BCUT2D eigenvalue weighted by molar-refractivity contribution is -0.167. The van der Waals surface area contributed by atoms with Crippen molar-refractivity contribution in [2.75, 3.05) is 0 Å². The molecule has 1 unspecified atom stereocenters. The molecular formula is C23H22O4. The van der Waals surface area contributed by atoms with Crippen LogP contribution < -0.4 is 4.74 Å². The first-order valence-corrected chi connectivity index (χ1v) is 8.76. The Labute approximate surface area is 159 Å². The summed E-state index contributed by atoms with van der Waals surface area (Å²) in [7, 11) is 0. The molecule has 27 heavy (non-hydrogen) atoms. The van der Waals surface area contributed by atoms with Crippen LogP contribution >= 0.6 is 0 Å². The molecular weight excluding hydrogens is 340 g/mol. The van der Waals surface area contributed by atoms with Crippen LogP contribution in [0.3, 0.4) is 0 Å². The van der Waals surface area contributed by atoms with Crippen LogP contribution in [0.15, 0.2) is 84.9 Å². The molecule has 4 nitrogen and oxygen atoms in total. The van der Waals surface area contributed by atoms with E-state index in [1.165, 1.54) is 0 Å². The first-order chi connectivity index (χ1) is 13.1. The van der Waals surface area contributed by atoms with Gasteiger partial charge in [0.05, 0.1) is 6.61 Å². The first kappa shape index (κ1) is 18.7. The summed E-state index contributed by atoms with van der Waals surface area (Å²) in [5, 5.41) is 9.68. The Hall–Kier alpha value is -3.11. The molecule has 1 N–H and O–H groups in total.